The zero-order valence-corrected chi connectivity index (χ0v) is 15.7. The summed E-state index contributed by atoms with van der Waals surface area (Å²) in [4.78, 5) is 14.1. The van der Waals surface area contributed by atoms with Gasteiger partial charge in [0.05, 0.1) is 24.5 Å². The number of hydrogen-bond acceptors (Lipinski definition) is 8. The van der Waals surface area contributed by atoms with Crippen LogP contribution in [0.1, 0.15) is 6.42 Å². The molecule has 1 N–H and O–H groups in total. The molecule has 3 aromatic rings. The van der Waals surface area contributed by atoms with Crippen LogP contribution in [0.15, 0.2) is 28.1 Å². The van der Waals surface area contributed by atoms with Gasteiger partial charge < -0.3 is 24.3 Å². The van der Waals surface area contributed by atoms with E-state index in [1.165, 1.54) is 6.42 Å². The van der Waals surface area contributed by atoms with Gasteiger partial charge in [-0.3, -0.25) is 0 Å². The van der Waals surface area contributed by atoms with Gasteiger partial charge in [0.25, 0.3) is 6.01 Å². The fraction of sp³-hybridized carbons (Fsp3) is 0.474. The molecule has 0 amide bonds. The Balaban J connectivity index is 1.47. The van der Waals surface area contributed by atoms with E-state index in [4.69, 9.17) is 14.1 Å². The van der Waals surface area contributed by atoms with Crippen molar-refractivity contribution in [2.45, 2.75) is 18.5 Å². The summed E-state index contributed by atoms with van der Waals surface area (Å²) in [6, 6.07) is 6.15. The predicted molar refractivity (Wildman–Crippen MR) is 106 cm³/mol. The number of anilines is 2. The minimum absolute atomic E-state index is 0.566. The lowest BCUT2D eigenvalue weighted by molar-refractivity contribution is 0.123. The molecule has 4 fully saturated rings. The number of nitrogens with zero attached hydrogens (tertiary/aromatic N) is 4. The first kappa shape index (κ1) is 15.9. The van der Waals surface area contributed by atoms with Gasteiger partial charge in [0.1, 0.15) is 10.5 Å². The molecule has 1 aromatic carbocycles. The molecule has 2 unspecified atom stereocenters. The molecule has 6 heterocycles. The molecule has 0 saturated carbocycles. The molecule has 4 saturated heterocycles. The molecule has 2 bridgehead atoms. The number of nitrogens with one attached hydrogen (secondary N) is 1. The summed E-state index contributed by atoms with van der Waals surface area (Å²) in [6.07, 6.45) is 3.10. The number of piperazine rings is 1. The van der Waals surface area contributed by atoms with Gasteiger partial charge in [-0.05, 0) is 18.6 Å². The number of morpholine rings is 1. The summed E-state index contributed by atoms with van der Waals surface area (Å²) >= 11 is 1.63. The van der Waals surface area contributed by atoms with E-state index in [2.05, 4.69) is 32.2 Å². The molecular formula is C19H21N5O2S. The van der Waals surface area contributed by atoms with Crippen LogP contribution in [0.3, 0.4) is 0 Å². The zero-order valence-electron chi connectivity index (χ0n) is 14.9. The van der Waals surface area contributed by atoms with Gasteiger partial charge in [-0.1, -0.05) is 0 Å². The highest BCUT2D eigenvalue weighted by Gasteiger charge is 2.38. The number of aromatic nitrogens is 2. The third kappa shape index (κ3) is 2.62. The standard InChI is InChI=1S/C19H21N5O2S/c1-2-15(23-4-6-25-7-5-23)16-17(14(1)18-20-3-8-27-18)26-19(22-16)24-10-12-9-13(11-24)21-12/h1-3,8,12-13,21H,4-7,9-11H2. The summed E-state index contributed by atoms with van der Waals surface area (Å²) in [7, 11) is 0. The highest BCUT2D eigenvalue weighted by Crippen LogP contribution is 2.39. The Morgan fingerprint density at radius 2 is 1.93 bits per heavy atom. The summed E-state index contributed by atoms with van der Waals surface area (Å²) in [6.45, 7) is 5.19. The molecule has 0 radical (unpaired) electrons. The topological polar surface area (TPSA) is 66.7 Å². The van der Waals surface area contributed by atoms with E-state index in [1.807, 2.05) is 11.6 Å². The van der Waals surface area contributed by atoms with E-state index >= 15 is 0 Å². The van der Waals surface area contributed by atoms with Crippen LogP contribution in [0, 0.1) is 0 Å². The minimum atomic E-state index is 0.566. The number of rotatable bonds is 3. The Labute approximate surface area is 160 Å². The normalized spacial score (nSPS) is 25.0. The van der Waals surface area contributed by atoms with Crippen molar-refractivity contribution < 1.29 is 9.15 Å². The van der Waals surface area contributed by atoms with Crippen molar-refractivity contribution in [1.29, 1.82) is 0 Å². The van der Waals surface area contributed by atoms with E-state index < -0.39 is 0 Å². The van der Waals surface area contributed by atoms with E-state index in [1.54, 1.807) is 11.3 Å². The predicted octanol–water partition coefficient (Wildman–Crippen LogP) is 2.34. The number of hydrogen-bond donors (Lipinski definition) is 1. The number of oxazole rings is 1. The Morgan fingerprint density at radius 3 is 2.67 bits per heavy atom. The Morgan fingerprint density at radius 1 is 1.11 bits per heavy atom. The molecule has 0 spiro atoms. The number of fused-ring (bicyclic) bond motifs is 3. The highest BCUT2D eigenvalue weighted by atomic mass is 32.1. The van der Waals surface area contributed by atoms with Gasteiger partial charge in [-0.2, -0.15) is 4.98 Å². The number of ether oxygens (including phenoxy) is 1. The molecule has 7 nitrogen and oxygen atoms in total. The average Bonchev–Trinajstić information content (AvgIpc) is 3.38. The Kier molecular flexibility index (Phi) is 3.63. The third-order valence-electron chi connectivity index (χ3n) is 5.72. The maximum absolute atomic E-state index is 6.36. The van der Waals surface area contributed by atoms with Crippen LogP contribution in [0.4, 0.5) is 11.7 Å². The second-order valence-corrected chi connectivity index (χ2v) is 8.34. The Bertz CT molecular complexity index is 950. The molecular weight excluding hydrogens is 362 g/mol. The van der Waals surface area contributed by atoms with Crippen LogP contribution in [0.25, 0.3) is 21.7 Å². The first-order valence-electron chi connectivity index (χ1n) is 9.52. The Hall–Kier alpha value is -2.16. The molecule has 8 heteroatoms. The highest BCUT2D eigenvalue weighted by molar-refractivity contribution is 7.13. The van der Waals surface area contributed by atoms with Crippen molar-refractivity contribution in [3.63, 3.8) is 0 Å². The second kappa shape index (κ2) is 6.19. The van der Waals surface area contributed by atoms with Gasteiger partial charge in [-0.15, -0.1) is 11.3 Å². The van der Waals surface area contributed by atoms with E-state index in [0.29, 0.717) is 12.1 Å². The van der Waals surface area contributed by atoms with Crippen LogP contribution >= 0.6 is 11.3 Å². The van der Waals surface area contributed by atoms with Crippen LogP contribution in [-0.2, 0) is 4.74 Å². The molecule has 2 atom stereocenters. The molecule has 2 aromatic heterocycles. The number of benzene rings is 1. The largest absolute Gasteiger partial charge is 0.423 e. The van der Waals surface area contributed by atoms with Crippen molar-refractivity contribution in [2.24, 2.45) is 0 Å². The molecule has 27 heavy (non-hydrogen) atoms. The maximum Gasteiger partial charge on any atom is 0.298 e. The van der Waals surface area contributed by atoms with E-state index in [9.17, 15) is 0 Å². The SMILES string of the molecule is c1csc(-c2ccc(N3CCOCC3)c3nc(N4CC5CC(C4)N5)oc23)n1. The van der Waals surface area contributed by atoms with Crippen molar-refractivity contribution in [2.75, 3.05) is 49.2 Å². The quantitative estimate of drug-likeness (QED) is 0.745. The van der Waals surface area contributed by atoms with Crippen LogP contribution in [0.5, 0.6) is 0 Å². The molecule has 4 aliphatic heterocycles. The van der Waals surface area contributed by atoms with Gasteiger partial charge in [0.15, 0.2) is 5.58 Å². The van der Waals surface area contributed by atoms with Crippen molar-refractivity contribution in [3.05, 3.63) is 23.7 Å². The third-order valence-corrected chi connectivity index (χ3v) is 6.52. The van der Waals surface area contributed by atoms with E-state index in [0.717, 1.165) is 72.8 Å². The number of piperidine rings is 1. The zero-order chi connectivity index (χ0) is 17.8. The molecule has 0 aliphatic carbocycles. The lowest BCUT2D eigenvalue weighted by atomic mass is 9.92. The van der Waals surface area contributed by atoms with Gasteiger partial charge in [0.2, 0.25) is 0 Å². The maximum atomic E-state index is 6.36. The fourth-order valence-corrected chi connectivity index (χ4v) is 5.03. The van der Waals surface area contributed by atoms with Crippen LogP contribution in [0.2, 0.25) is 0 Å². The smallest absolute Gasteiger partial charge is 0.298 e. The van der Waals surface area contributed by atoms with Crippen molar-refractivity contribution in [1.82, 2.24) is 15.3 Å². The van der Waals surface area contributed by atoms with E-state index in [-0.39, 0.29) is 0 Å². The summed E-state index contributed by atoms with van der Waals surface area (Å²) in [5.41, 5.74) is 3.93. The lowest BCUT2D eigenvalue weighted by Crippen LogP contribution is -2.67. The van der Waals surface area contributed by atoms with Crippen molar-refractivity contribution in [3.8, 4) is 10.6 Å². The summed E-state index contributed by atoms with van der Waals surface area (Å²) in [5.74, 6) is 0. The molecule has 140 valence electrons. The fourth-order valence-electron chi connectivity index (χ4n) is 4.37. The van der Waals surface area contributed by atoms with Crippen molar-refractivity contribution >= 4 is 34.1 Å². The summed E-state index contributed by atoms with van der Waals surface area (Å²) < 4.78 is 11.9. The lowest BCUT2D eigenvalue weighted by Gasteiger charge is -2.47. The number of thiazole rings is 1. The molecule has 4 aliphatic rings. The molecule has 7 rings (SSSR count). The second-order valence-electron chi connectivity index (χ2n) is 7.44. The first-order valence-corrected chi connectivity index (χ1v) is 10.4. The monoisotopic (exact) mass is 383 g/mol. The van der Waals surface area contributed by atoms with Gasteiger partial charge >= 0.3 is 0 Å². The minimum Gasteiger partial charge on any atom is -0.423 e. The van der Waals surface area contributed by atoms with Gasteiger partial charge in [0, 0.05) is 49.8 Å². The summed E-state index contributed by atoms with van der Waals surface area (Å²) in [5, 5.41) is 6.54. The van der Waals surface area contributed by atoms with Gasteiger partial charge in [-0.25, -0.2) is 4.98 Å². The first-order chi connectivity index (χ1) is 13.3. The average molecular weight is 383 g/mol. The van der Waals surface area contributed by atoms with Crippen LogP contribution in [-0.4, -0.2) is 61.4 Å². The van der Waals surface area contributed by atoms with Crippen LogP contribution < -0.4 is 15.1 Å².